The van der Waals surface area contributed by atoms with E-state index in [2.05, 4.69) is 0 Å². The van der Waals surface area contributed by atoms with Gasteiger partial charge in [-0.25, -0.2) is 13.6 Å². The van der Waals surface area contributed by atoms with E-state index in [0.29, 0.717) is 17.9 Å². The number of benzene rings is 1. The number of rotatable bonds is 5. The molecule has 18 heavy (non-hydrogen) atoms. The summed E-state index contributed by atoms with van der Waals surface area (Å²) in [5, 5.41) is 5.14. The van der Waals surface area contributed by atoms with Crippen molar-refractivity contribution in [2.24, 2.45) is 5.14 Å². The highest BCUT2D eigenvalue weighted by molar-refractivity contribution is 7.89. The van der Waals surface area contributed by atoms with Crippen molar-refractivity contribution >= 4 is 10.0 Å². The first-order valence-electron chi connectivity index (χ1n) is 5.56. The molecule has 0 amide bonds. The van der Waals surface area contributed by atoms with Gasteiger partial charge in [0.2, 0.25) is 10.0 Å². The SMILES string of the molecule is COCC(C)Oc1ccc(S(N)(=O)=O)c(C)c1C. The summed E-state index contributed by atoms with van der Waals surface area (Å²) in [4.78, 5) is 0.131. The Hall–Kier alpha value is -1.11. The molecule has 0 heterocycles. The topological polar surface area (TPSA) is 78.6 Å². The largest absolute Gasteiger partial charge is 0.488 e. The second-order valence-electron chi connectivity index (χ2n) is 4.24. The quantitative estimate of drug-likeness (QED) is 0.878. The van der Waals surface area contributed by atoms with E-state index in [4.69, 9.17) is 14.6 Å². The van der Waals surface area contributed by atoms with Gasteiger partial charge in [-0.2, -0.15) is 0 Å². The van der Waals surface area contributed by atoms with Crippen LogP contribution < -0.4 is 9.88 Å². The summed E-state index contributed by atoms with van der Waals surface area (Å²) in [7, 11) is -2.09. The number of ether oxygens (including phenoxy) is 2. The molecule has 1 aromatic rings. The average Bonchev–Trinajstić information content (AvgIpc) is 2.23. The van der Waals surface area contributed by atoms with Gasteiger partial charge in [-0.3, -0.25) is 0 Å². The van der Waals surface area contributed by atoms with Crippen molar-refractivity contribution in [3.05, 3.63) is 23.3 Å². The second-order valence-corrected chi connectivity index (χ2v) is 5.77. The van der Waals surface area contributed by atoms with Crippen LogP contribution in [-0.4, -0.2) is 28.2 Å². The normalized spacial score (nSPS) is 13.4. The van der Waals surface area contributed by atoms with E-state index < -0.39 is 10.0 Å². The lowest BCUT2D eigenvalue weighted by atomic mass is 10.1. The average molecular weight is 273 g/mol. The fourth-order valence-electron chi connectivity index (χ4n) is 1.69. The smallest absolute Gasteiger partial charge is 0.238 e. The van der Waals surface area contributed by atoms with Gasteiger partial charge in [-0.15, -0.1) is 0 Å². The summed E-state index contributed by atoms with van der Waals surface area (Å²) in [6.45, 7) is 5.86. The summed E-state index contributed by atoms with van der Waals surface area (Å²) in [6.07, 6.45) is -0.103. The minimum Gasteiger partial charge on any atom is -0.488 e. The Morgan fingerprint density at radius 3 is 2.39 bits per heavy atom. The lowest BCUT2D eigenvalue weighted by molar-refractivity contribution is 0.0915. The lowest BCUT2D eigenvalue weighted by Crippen LogP contribution is -2.19. The van der Waals surface area contributed by atoms with E-state index >= 15 is 0 Å². The van der Waals surface area contributed by atoms with Crippen LogP contribution >= 0.6 is 0 Å². The van der Waals surface area contributed by atoms with Crippen molar-refractivity contribution in [2.45, 2.75) is 31.8 Å². The van der Waals surface area contributed by atoms with Gasteiger partial charge in [0.1, 0.15) is 11.9 Å². The van der Waals surface area contributed by atoms with Crippen molar-refractivity contribution in [1.82, 2.24) is 0 Å². The molecular formula is C12H19NO4S. The molecule has 1 unspecified atom stereocenters. The predicted molar refractivity (Wildman–Crippen MR) is 69.3 cm³/mol. The molecule has 0 aliphatic rings. The molecule has 0 aliphatic heterocycles. The third-order valence-electron chi connectivity index (χ3n) is 2.72. The fraction of sp³-hybridized carbons (Fsp3) is 0.500. The molecule has 0 saturated carbocycles. The summed E-state index contributed by atoms with van der Waals surface area (Å²) in [5.74, 6) is 0.643. The Labute approximate surface area is 108 Å². The first-order valence-corrected chi connectivity index (χ1v) is 7.10. The molecule has 5 nitrogen and oxygen atoms in total. The zero-order valence-corrected chi connectivity index (χ0v) is 11.9. The summed E-state index contributed by atoms with van der Waals surface area (Å²) in [5.41, 5.74) is 1.38. The predicted octanol–water partition coefficient (Wildman–Crippen LogP) is 1.36. The lowest BCUT2D eigenvalue weighted by Gasteiger charge is -2.17. The Bertz CT molecular complexity index is 525. The molecule has 6 heteroatoms. The molecule has 0 saturated heterocycles. The first kappa shape index (κ1) is 14.9. The van der Waals surface area contributed by atoms with E-state index in [0.717, 1.165) is 5.56 Å². The Morgan fingerprint density at radius 2 is 1.89 bits per heavy atom. The molecule has 2 N–H and O–H groups in total. The standard InChI is InChI=1S/C12H19NO4S/c1-8(7-16-4)17-11-5-6-12(18(13,14)15)10(3)9(11)2/h5-6,8H,7H2,1-4H3,(H2,13,14,15). The number of sulfonamides is 1. The van der Waals surface area contributed by atoms with Crippen LogP contribution in [0.4, 0.5) is 0 Å². The number of nitrogens with two attached hydrogens (primary N) is 1. The van der Waals surface area contributed by atoms with E-state index in [1.54, 1.807) is 27.0 Å². The minimum atomic E-state index is -3.69. The van der Waals surface area contributed by atoms with Crippen molar-refractivity contribution in [3.8, 4) is 5.75 Å². The van der Waals surface area contributed by atoms with E-state index in [-0.39, 0.29) is 11.0 Å². The van der Waals surface area contributed by atoms with Gasteiger partial charge in [0.15, 0.2) is 0 Å². The molecule has 1 atom stereocenters. The van der Waals surface area contributed by atoms with Crippen molar-refractivity contribution in [1.29, 1.82) is 0 Å². The maximum atomic E-state index is 11.4. The molecule has 102 valence electrons. The number of hydrogen-bond acceptors (Lipinski definition) is 4. The van der Waals surface area contributed by atoms with E-state index in [1.807, 2.05) is 6.92 Å². The van der Waals surface area contributed by atoms with Crippen LogP contribution in [0.15, 0.2) is 17.0 Å². The van der Waals surface area contributed by atoms with Crippen LogP contribution in [0.1, 0.15) is 18.1 Å². The number of methoxy groups -OCH3 is 1. The first-order chi connectivity index (χ1) is 8.27. The molecule has 0 radical (unpaired) electrons. The van der Waals surface area contributed by atoms with Gasteiger partial charge >= 0.3 is 0 Å². The Balaban J connectivity index is 3.09. The highest BCUT2D eigenvalue weighted by Gasteiger charge is 2.16. The van der Waals surface area contributed by atoms with Crippen LogP contribution in [0, 0.1) is 13.8 Å². The molecule has 0 fully saturated rings. The van der Waals surface area contributed by atoms with Gasteiger partial charge in [-0.05, 0) is 44.0 Å². The highest BCUT2D eigenvalue weighted by atomic mass is 32.2. The zero-order valence-electron chi connectivity index (χ0n) is 11.1. The fourth-order valence-corrected chi connectivity index (χ4v) is 2.53. The monoisotopic (exact) mass is 273 g/mol. The van der Waals surface area contributed by atoms with Crippen molar-refractivity contribution < 1.29 is 17.9 Å². The Kier molecular flexibility index (Phi) is 4.72. The molecule has 1 aromatic carbocycles. The van der Waals surface area contributed by atoms with Crippen LogP contribution in [-0.2, 0) is 14.8 Å². The minimum absolute atomic E-state index is 0.103. The highest BCUT2D eigenvalue weighted by Crippen LogP contribution is 2.27. The summed E-state index contributed by atoms with van der Waals surface area (Å²) >= 11 is 0. The van der Waals surface area contributed by atoms with Crippen LogP contribution in [0.25, 0.3) is 0 Å². The Morgan fingerprint density at radius 1 is 1.28 bits per heavy atom. The maximum absolute atomic E-state index is 11.4. The van der Waals surface area contributed by atoms with Crippen LogP contribution in [0.2, 0.25) is 0 Å². The number of hydrogen-bond donors (Lipinski definition) is 1. The van der Waals surface area contributed by atoms with Crippen molar-refractivity contribution in [2.75, 3.05) is 13.7 Å². The van der Waals surface area contributed by atoms with Gasteiger partial charge in [0.05, 0.1) is 11.5 Å². The van der Waals surface area contributed by atoms with E-state index in [9.17, 15) is 8.42 Å². The third kappa shape index (κ3) is 3.44. The molecule has 1 rings (SSSR count). The van der Waals surface area contributed by atoms with Gasteiger partial charge in [0, 0.05) is 7.11 Å². The van der Waals surface area contributed by atoms with Gasteiger partial charge in [0.25, 0.3) is 0 Å². The maximum Gasteiger partial charge on any atom is 0.238 e. The molecule has 0 aromatic heterocycles. The summed E-state index contributed by atoms with van der Waals surface area (Å²) in [6, 6.07) is 3.08. The summed E-state index contributed by atoms with van der Waals surface area (Å²) < 4.78 is 33.4. The zero-order chi connectivity index (χ0) is 13.9. The van der Waals surface area contributed by atoms with Gasteiger partial charge in [-0.1, -0.05) is 0 Å². The molecular weight excluding hydrogens is 254 g/mol. The molecule has 0 bridgehead atoms. The van der Waals surface area contributed by atoms with Gasteiger partial charge < -0.3 is 9.47 Å². The van der Waals surface area contributed by atoms with E-state index in [1.165, 1.54) is 6.07 Å². The van der Waals surface area contributed by atoms with Crippen LogP contribution in [0.3, 0.4) is 0 Å². The van der Waals surface area contributed by atoms with Crippen LogP contribution in [0.5, 0.6) is 5.75 Å². The number of primary sulfonamides is 1. The third-order valence-corrected chi connectivity index (χ3v) is 3.78. The molecule has 0 spiro atoms. The molecule has 0 aliphatic carbocycles. The van der Waals surface area contributed by atoms with Crippen molar-refractivity contribution in [3.63, 3.8) is 0 Å². The second kappa shape index (κ2) is 5.69.